The van der Waals surface area contributed by atoms with Crippen LogP contribution >= 0.6 is 0 Å². The third kappa shape index (κ3) is 4.14. The van der Waals surface area contributed by atoms with Gasteiger partial charge in [-0.15, -0.1) is 0 Å². The number of carbonyl (C=O) groups is 2. The van der Waals surface area contributed by atoms with Gasteiger partial charge in [0.05, 0.1) is 6.61 Å². The lowest BCUT2D eigenvalue weighted by Crippen LogP contribution is -2.43. The lowest BCUT2D eigenvalue weighted by Gasteiger charge is -2.25. The summed E-state index contributed by atoms with van der Waals surface area (Å²) in [5.74, 6) is -0.618. The molecular formula is C11H19NO3. The van der Waals surface area contributed by atoms with E-state index in [0.29, 0.717) is 13.2 Å². The highest BCUT2D eigenvalue weighted by atomic mass is 16.5. The first-order valence-electron chi connectivity index (χ1n) is 5.18. The Morgan fingerprint density at radius 1 is 1.47 bits per heavy atom. The Labute approximate surface area is 90.9 Å². The molecule has 0 aromatic rings. The van der Waals surface area contributed by atoms with Crippen LogP contribution in [0.25, 0.3) is 0 Å². The first-order valence-corrected chi connectivity index (χ1v) is 5.18. The average Bonchev–Trinajstić information content (AvgIpc) is 2.26. The van der Waals surface area contributed by atoms with Gasteiger partial charge in [0.25, 0.3) is 0 Å². The van der Waals surface area contributed by atoms with Crippen molar-refractivity contribution in [3.63, 3.8) is 0 Å². The molecule has 0 bridgehead atoms. The van der Waals surface area contributed by atoms with Crippen molar-refractivity contribution in [2.24, 2.45) is 0 Å². The number of nitrogens with zero attached hydrogens (tertiary/aromatic N) is 1. The van der Waals surface area contributed by atoms with E-state index >= 15 is 0 Å². The average molecular weight is 213 g/mol. The molecule has 86 valence electrons. The molecule has 0 aliphatic rings. The van der Waals surface area contributed by atoms with Gasteiger partial charge in [-0.05, 0) is 26.3 Å². The summed E-state index contributed by atoms with van der Waals surface area (Å²) in [6.07, 6.45) is 1.98. The molecule has 0 saturated heterocycles. The summed E-state index contributed by atoms with van der Waals surface area (Å²) in [6.45, 7) is 9.63. The molecule has 4 nitrogen and oxygen atoms in total. The second kappa shape index (κ2) is 7.04. The van der Waals surface area contributed by atoms with Crippen molar-refractivity contribution in [2.45, 2.75) is 33.2 Å². The highest BCUT2D eigenvalue weighted by Crippen LogP contribution is 2.03. The summed E-state index contributed by atoms with van der Waals surface area (Å²) in [6, 6.07) is -0.549. The largest absolute Gasteiger partial charge is 0.464 e. The van der Waals surface area contributed by atoms with Crippen molar-refractivity contribution in [3.05, 3.63) is 12.7 Å². The summed E-state index contributed by atoms with van der Waals surface area (Å²) in [7, 11) is 0. The molecule has 0 aliphatic heterocycles. The SMILES string of the molecule is C=CC(=O)N(CC)C(C)C(=O)OCCC. The minimum atomic E-state index is -0.549. The smallest absolute Gasteiger partial charge is 0.328 e. The maximum absolute atomic E-state index is 11.5. The standard InChI is InChI=1S/C11H19NO3/c1-5-8-15-11(14)9(4)12(7-3)10(13)6-2/h6,9H,2,5,7-8H2,1,3-4H3. The normalized spacial score (nSPS) is 11.7. The van der Waals surface area contributed by atoms with Crippen molar-refractivity contribution < 1.29 is 14.3 Å². The number of ether oxygens (including phenoxy) is 1. The molecule has 0 rings (SSSR count). The van der Waals surface area contributed by atoms with Crippen molar-refractivity contribution in [3.8, 4) is 0 Å². The Balaban J connectivity index is 4.36. The van der Waals surface area contributed by atoms with Crippen LogP contribution in [0.2, 0.25) is 0 Å². The van der Waals surface area contributed by atoms with E-state index in [1.807, 2.05) is 13.8 Å². The molecule has 1 atom stereocenters. The molecule has 0 radical (unpaired) electrons. The molecule has 0 heterocycles. The molecule has 0 saturated carbocycles. The van der Waals surface area contributed by atoms with Crippen LogP contribution in [0.15, 0.2) is 12.7 Å². The molecule has 0 spiro atoms. The number of carbonyl (C=O) groups excluding carboxylic acids is 2. The first-order chi connectivity index (χ1) is 7.08. The van der Waals surface area contributed by atoms with Crippen molar-refractivity contribution in [1.82, 2.24) is 4.90 Å². The highest BCUT2D eigenvalue weighted by molar-refractivity contribution is 5.90. The molecule has 0 aromatic heterocycles. The first kappa shape index (κ1) is 13.7. The number of likely N-dealkylation sites (N-methyl/N-ethyl adjacent to an activating group) is 1. The molecular weight excluding hydrogens is 194 g/mol. The fraction of sp³-hybridized carbons (Fsp3) is 0.636. The summed E-state index contributed by atoms with van der Waals surface area (Å²) >= 11 is 0. The minimum Gasteiger partial charge on any atom is -0.464 e. The van der Waals surface area contributed by atoms with Crippen LogP contribution in [-0.2, 0) is 14.3 Å². The van der Waals surface area contributed by atoms with E-state index in [-0.39, 0.29) is 11.9 Å². The Bertz CT molecular complexity index is 238. The van der Waals surface area contributed by atoms with Gasteiger partial charge in [0.2, 0.25) is 5.91 Å². The van der Waals surface area contributed by atoms with Crippen molar-refractivity contribution in [1.29, 1.82) is 0 Å². The zero-order chi connectivity index (χ0) is 11.8. The number of hydrogen-bond donors (Lipinski definition) is 0. The van der Waals surface area contributed by atoms with E-state index in [0.717, 1.165) is 6.42 Å². The van der Waals surface area contributed by atoms with Gasteiger partial charge in [-0.2, -0.15) is 0 Å². The Hall–Kier alpha value is -1.32. The van der Waals surface area contributed by atoms with Gasteiger partial charge in [0.1, 0.15) is 6.04 Å². The van der Waals surface area contributed by atoms with Crippen LogP contribution in [0.3, 0.4) is 0 Å². The molecule has 0 N–H and O–H groups in total. The predicted molar refractivity (Wildman–Crippen MR) is 58.3 cm³/mol. The Morgan fingerprint density at radius 3 is 2.47 bits per heavy atom. The molecule has 15 heavy (non-hydrogen) atoms. The Morgan fingerprint density at radius 2 is 2.07 bits per heavy atom. The summed E-state index contributed by atoms with van der Waals surface area (Å²) in [5, 5.41) is 0. The molecule has 1 amide bonds. The van der Waals surface area contributed by atoms with Gasteiger partial charge in [-0.1, -0.05) is 13.5 Å². The predicted octanol–water partition coefficient (Wildman–Crippen LogP) is 1.36. The van der Waals surface area contributed by atoms with Crippen LogP contribution in [0.5, 0.6) is 0 Å². The van der Waals surface area contributed by atoms with Gasteiger partial charge < -0.3 is 9.64 Å². The summed E-state index contributed by atoms with van der Waals surface area (Å²) in [5.41, 5.74) is 0. The minimum absolute atomic E-state index is 0.251. The maximum Gasteiger partial charge on any atom is 0.328 e. The molecule has 0 aromatic carbocycles. The monoisotopic (exact) mass is 213 g/mol. The van der Waals surface area contributed by atoms with Gasteiger partial charge >= 0.3 is 5.97 Å². The van der Waals surface area contributed by atoms with E-state index in [9.17, 15) is 9.59 Å². The molecule has 0 fully saturated rings. The zero-order valence-corrected chi connectivity index (χ0v) is 9.66. The summed E-state index contributed by atoms with van der Waals surface area (Å²) in [4.78, 5) is 24.3. The second-order valence-corrected chi connectivity index (χ2v) is 3.17. The van der Waals surface area contributed by atoms with E-state index < -0.39 is 6.04 Å². The third-order valence-corrected chi connectivity index (χ3v) is 2.06. The topological polar surface area (TPSA) is 46.6 Å². The van der Waals surface area contributed by atoms with Gasteiger partial charge in [0, 0.05) is 6.54 Å². The third-order valence-electron chi connectivity index (χ3n) is 2.06. The van der Waals surface area contributed by atoms with E-state index in [1.54, 1.807) is 6.92 Å². The zero-order valence-electron chi connectivity index (χ0n) is 9.66. The van der Waals surface area contributed by atoms with E-state index in [4.69, 9.17) is 4.74 Å². The number of rotatable bonds is 6. The van der Waals surface area contributed by atoms with E-state index in [2.05, 4.69) is 6.58 Å². The fourth-order valence-electron chi connectivity index (χ4n) is 1.19. The van der Waals surface area contributed by atoms with Crippen LogP contribution in [0.1, 0.15) is 27.2 Å². The van der Waals surface area contributed by atoms with Crippen LogP contribution < -0.4 is 0 Å². The highest BCUT2D eigenvalue weighted by Gasteiger charge is 2.23. The van der Waals surface area contributed by atoms with Gasteiger partial charge in [-0.25, -0.2) is 4.79 Å². The number of amides is 1. The second-order valence-electron chi connectivity index (χ2n) is 3.17. The molecule has 4 heteroatoms. The lowest BCUT2D eigenvalue weighted by atomic mass is 10.2. The maximum atomic E-state index is 11.5. The lowest BCUT2D eigenvalue weighted by molar-refractivity contribution is -0.153. The van der Waals surface area contributed by atoms with E-state index in [1.165, 1.54) is 11.0 Å². The Kier molecular flexibility index (Phi) is 6.42. The molecule has 1 unspecified atom stereocenters. The quantitative estimate of drug-likeness (QED) is 0.494. The number of esters is 1. The van der Waals surface area contributed by atoms with Crippen LogP contribution in [0, 0.1) is 0 Å². The number of hydrogen-bond acceptors (Lipinski definition) is 3. The molecule has 0 aliphatic carbocycles. The van der Waals surface area contributed by atoms with Crippen molar-refractivity contribution >= 4 is 11.9 Å². The fourth-order valence-corrected chi connectivity index (χ4v) is 1.19. The van der Waals surface area contributed by atoms with Gasteiger partial charge in [0.15, 0.2) is 0 Å². The van der Waals surface area contributed by atoms with Crippen LogP contribution in [-0.4, -0.2) is 36.0 Å². The van der Waals surface area contributed by atoms with Crippen LogP contribution in [0.4, 0.5) is 0 Å². The van der Waals surface area contributed by atoms with Crippen molar-refractivity contribution in [2.75, 3.05) is 13.2 Å². The van der Waals surface area contributed by atoms with Gasteiger partial charge in [-0.3, -0.25) is 4.79 Å². The summed E-state index contributed by atoms with van der Waals surface area (Å²) < 4.78 is 4.96.